The van der Waals surface area contributed by atoms with E-state index in [0.717, 1.165) is 56.5 Å². The van der Waals surface area contributed by atoms with Crippen molar-refractivity contribution in [3.05, 3.63) is 24.3 Å². The van der Waals surface area contributed by atoms with Gasteiger partial charge in [0.1, 0.15) is 5.75 Å². The molecule has 0 aromatic heterocycles. The number of carbonyl (C=O) groups is 1. The number of hydrogen-bond donors (Lipinski definition) is 2. The quantitative estimate of drug-likeness (QED) is 0.247. The van der Waals surface area contributed by atoms with E-state index in [4.69, 9.17) is 9.47 Å². The lowest BCUT2D eigenvalue weighted by Crippen LogP contribution is -2.42. The van der Waals surface area contributed by atoms with E-state index in [0.29, 0.717) is 6.54 Å². The Kier molecular flexibility index (Phi) is 11.0. The monoisotopic (exact) mass is 476 g/mol. The van der Waals surface area contributed by atoms with Crippen LogP contribution in [0.3, 0.4) is 0 Å². The third kappa shape index (κ3) is 6.99. The van der Waals surface area contributed by atoms with Crippen LogP contribution in [0, 0.1) is 0 Å². The minimum absolute atomic E-state index is 0. The van der Waals surface area contributed by atoms with Crippen LogP contribution < -0.4 is 20.3 Å². The summed E-state index contributed by atoms with van der Waals surface area (Å²) < 4.78 is 10.8. The molecule has 146 valence electrons. The largest absolute Gasteiger partial charge is 0.482 e. The first-order chi connectivity index (χ1) is 12.3. The Morgan fingerprint density at radius 2 is 2.00 bits per heavy atom. The van der Waals surface area contributed by atoms with E-state index in [1.165, 1.54) is 0 Å². The van der Waals surface area contributed by atoms with Gasteiger partial charge < -0.3 is 25.0 Å². The maximum absolute atomic E-state index is 12.1. The van der Waals surface area contributed by atoms with Crippen molar-refractivity contribution < 1.29 is 14.3 Å². The Bertz CT molecular complexity index is 583. The molecule has 0 bridgehead atoms. The van der Waals surface area contributed by atoms with Gasteiger partial charge in [0.25, 0.3) is 5.91 Å². The molecule has 0 saturated carbocycles. The summed E-state index contributed by atoms with van der Waals surface area (Å²) in [5, 5.41) is 6.52. The molecule has 0 fully saturated rings. The topological polar surface area (TPSA) is 75.2 Å². The fourth-order valence-electron chi connectivity index (χ4n) is 2.59. The molecule has 0 unspecified atom stereocenters. The molecule has 0 saturated heterocycles. The van der Waals surface area contributed by atoms with E-state index in [2.05, 4.69) is 15.6 Å². The molecule has 2 rings (SSSR count). The zero-order valence-corrected chi connectivity index (χ0v) is 17.8. The maximum Gasteiger partial charge on any atom is 0.265 e. The maximum atomic E-state index is 12.1. The van der Waals surface area contributed by atoms with E-state index >= 15 is 0 Å². The fraction of sp³-hybridized carbons (Fsp3) is 0.556. The zero-order valence-electron chi connectivity index (χ0n) is 15.5. The number of nitrogens with one attached hydrogen (secondary N) is 2. The van der Waals surface area contributed by atoms with Gasteiger partial charge in [0.15, 0.2) is 12.6 Å². The number of anilines is 1. The number of halogens is 1. The fourth-order valence-corrected chi connectivity index (χ4v) is 2.59. The summed E-state index contributed by atoms with van der Waals surface area (Å²) in [6.07, 6.45) is 1.76. The van der Waals surface area contributed by atoms with Crippen molar-refractivity contribution in [3.63, 3.8) is 0 Å². The number of hydrogen-bond acceptors (Lipinski definition) is 4. The second-order valence-electron chi connectivity index (χ2n) is 5.63. The summed E-state index contributed by atoms with van der Waals surface area (Å²) in [5.74, 6) is 1.53. The number of amides is 1. The molecule has 1 amide bonds. The molecule has 1 aromatic rings. The van der Waals surface area contributed by atoms with Gasteiger partial charge in [0, 0.05) is 39.9 Å². The number of ether oxygens (including phenoxy) is 2. The van der Waals surface area contributed by atoms with Crippen LogP contribution in [0.5, 0.6) is 5.75 Å². The average molecular weight is 476 g/mol. The van der Waals surface area contributed by atoms with Gasteiger partial charge in [-0.1, -0.05) is 12.1 Å². The molecule has 0 aliphatic carbocycles. The van der Waals surface area contributed by atoms with Crippen LogP contribution in [-0.2, 0) is 9.53 Å². The molecular weight excluding hydrogens is 447 g/mol. The first kappa shape index (κ1) is 22.5. The summed E-state index contributed by atoms with van der Waals surface area (Å²) in [6, 6.07) is 7.63. The lowest BCUT2D eigenvalue weighted by atomic mass is 10.2. The first-order valence-electron chi connectivity index (χ1n) is 8.80. The molecule has 1 aliphatic heterocycles. The first-order valence-corrected chi connectivity index (χ1v) is 8.80. The Labute approximate surface area is 172 Å². The van der Waals surface area contributed by atoms with Gasteiger partial charge in [-0.15, -0.1) is 24.0 Å². The standard InChI is InChI=1S/C18H28N4O3.HI/c1-3-24-13-7-11-21-18(19-2)20-10-6-12-22-15-8-4-5-9-16(15)25-14-17(22)23;/h4-5,8-9H,3,6-7,10-14H2,1-2H3,(H2,19,20,21);1H. The number of fused-ring (bicyclic) bond motifs is 1. The highest BCUT2D eigenvalue weighted by atomic mass is 127. The average Bonchev–Trinajstić information content (AvgIpc) is 2.64. The predicted octanol–water partition coefficient (Wildman–Crippen LogP) is 2.01. The van der Waals surface area contributed by atoms with E-state index in [-0.39, 0.29) is 36.5 Å². The molecule has 1 heterocycles. The number of para-hydroxylation sites is 2. The number of carbonyl (C=O) groups excluding carboxylic acids is 1. The minimum atomic E-state index is -0.00266. The number of rotatable bonds is 9. The number of nitrogens with zero attached hydrogens (tertiary/aromatic N) is 2. The molecule has 0 spiro atoms. The van der Waals surface area contributed by atoms with Crippen molar-refractivity contribution in [3.8, 4) is 5.75 Å². The highest BCUT2D eigenvalue weighted by Crippen LogP contribution is 2.31. The van der Waals surface area contributed by atoms with E-state index in [1.54, 1.807) is 11.9 Å². The van der Waals surface area contributed by atoms with Crippen molar-refractivity contribution in [2.24, 2.45) is 4.99 Å². The summed E-state index contributed by atoms with van der Waals surface area (Å²) in [4.78, 5) is 18.1. The molecule has 0 atom stereocenters. The summed E-state index contributed by atoms with van der Waals surface area (Å²) in [7, 11) is 1.75. The molecule has 8 heteroatoms. The summed E-state index contributed by atoms with van der Waals surface area (Å²) in [6.45, 7) is 5.79. The SMILES string of the molecule is CCOCCCNC(=NC)NCCCN1C(=O)COc2ccccc21.I. The zero-order chi connectivity index (χ0) is 17.9. The molecule has 0 radical (unpaired) electrons. The number of guanidine groups is 1. The van der Waals surface area contributed by atoms with Crippen LogP contribution in [0.2, 0.25) is 0 Å². The second kappa shape index (κ2) is 12.7. The van der Waals surface area contributed by atoms with Gasteiger partial charge in [0.05, 0.1) is 5.69 Å². The molecule has 26 heavy (non-hydrogen) atoms. The van der Waals surface area contributed by atoms with Crippen molar-refractivity contribution in [1.82, 2.24) is 10.6 Å². The van der Waals surface area contributed by atoms with Crippen LogP contribution in [0.15, 0.2) is 29.3 Å². The van der Waals surface area contributed by atoms with Gasteiger partial charge in [0.2, 0.25) is 0 Å². The van der Waals surface area contributed by atoms with Gasteiger partial charge >= 0.3 is 0 Å². The predicted molar refractivity (Wildman–Crippen MR) is 115 cm³/mol. The lowest BCUT2D eigenvalue weighted by molar-refractivity contribution is -0.121. The molecule has 2 N–H and O–H groups in total. The Balaban J connectivity index is 0.00000338. The smallest absolute Gasteiger partial charge is 0.265 e. The third-order valence-corrected chi connectivity index (χ3v) is 3.84. The summed E-state index contributed by atoms with van der Waals surface area (Å²) in [5.41, 5.74) is 0.845. The highest BCUT2D eigenvalue weighted by molar-refractivity contribution is 14.0. The Hall–Kier alpha value is -1.55. The molecule has 7 nitrogen and oxygen atoms in total. The molecule has 1 aromatic carbocycles. The van der Waals surface area contributed by atoms with Crippen LogP contribution >= 0.6 is 24.0 Å². The van der Waals surface area contributed by atoms with Crippen molar-refractivity contribution in [2.75, 3.05) is 51.4 Å². The Morgan fingerprint density at radius 1 is 1.27 bits per heavy atom. The molecular formula is C18H29IN4O3. The second-order valence-corrected chi connectivity index (χ2v) is 5.63. The number of aliphatic imine (C=N–C) groups is 1. The molecule has 1 aliphatic rings. The van der Waals surface area contributed by atoms with E-state index < -0.39 is 0 Å². The lowest BCUT2D eigenvalue weighted by Gasteiger charge is -2.29. The van der Waals surface area contributed by atoms with Gasteiger partial charge in [-0.3, -0.25) is 9.79 Å². The third-order valence-electron chi connectivity index (χ3n) is 3.84. The van der Waals surface area contributed by atoms with Gasteiger partial charge in [-0.05, 0) is 31.9 Å². The highest BCUT2D eigenvalue weighted by Gasteiger charge is 2.24. The summed E-state index contributed by atoms with van der Waals surface area (Å²) >= 11 is 0. The van der Waals surface area contributed by atoms with Crippen LogP contribution in [-0.4, -0.2) is 58.4 Å². The van der Waals surface area contributed by atoms with E-state index in [1.807, 2.05) is 31.2 Å². The van der Waals surface area contributed by atoms with Crippen LogP contribution in [0.4, 0.5) is 5.69 Å². The Morgan fingerprint density at radius 3 is 2.73 bits per heavy atom. The minimum Gasteiger partial charge on any atom is -0.482 e. The van der Waals surface area contributed by atoms with Crippen LogP contribution in [0.25, 0.3) is 0 Å². The number of benzene rings is 1. The van der Waals surface area contributed by atoms with Crippen molar-refractivity contribution in [1.29, 1.82) is 0 Å². The van der Waals surface area contributed by atoms with Gasteiger partial charge in [-0.2, -0.15) is 0 Å². The van der Waals surface area contributed by atoms with Gasteiger partial charge in [-0.25, -0.2) is 0 Å². The van der Waals surface area contributed by atoms with Crippen LogP contribution in [0.1, 0.15) is 19.8 Å². The van der Waals surface area contributed by atoms with Crippen molar-refractivity contribution in [2.45, 2.75) is 19.8 Å². The van der Waals surface area contributed by atoms with E-state index in [9.17, 15) is 4.79 Å². The van der Waals surface area contributed by atoms with Crippen molar-refractivity contribution >= 4 is 41.5 Å². The normalized spacial score (nSPS) is 13.5.